The molecule has 1 fully saturated rings. The van der Waals surface area contributed by atoms with Crippen molar-refractivity contribution in [3.63, 3.8) is 0 Å². The molecule has 1 heterocycles. The van der Waals surface area contributed by atoms with Gasteiger partial charge >= 0.3 is 0 Å². The summed E-state index contributed by atoms with van der Waals surface area (Å²) < 4.78 is 5.44. The molecule has 0 aromatic carbocycles. The summed E-state index contributed by atoms with van der Waals surface area (Å²) >= 11 is 0. The molecule has 2 atom stereocenters. The molecule has 88 valence electrons. The van der Waals surface area contributed by atoms with Gasteiger partial charge in [0.1, 0.15) is 6.10 Å². The summed E-state index contributed by atoms with van der Waals surface area (Å²) in [5, 5.41) is 3.17. The Hall–Kier alpha value is -0.610. The van der Waals surface area contributed by atoms with E-state index in [-0.39, 0.29) is 18.1 Å². The molecule has 1 amide bonds. The molecular weight excluding hydrogens is 192 g/mol. The van der Waals surface area contributed by atoms with Gasteiger partial charge < -0.3 is 15.0 Å². The molecule has 1 rings (SSSR count). The number of carbonyl (C=O) groups excluding carboxylic acids is 1. The lowest BCUT2D eigenvalue weighted by Crippen LogP contribution is -2.51. The normalized spacial score (nSPS) is 23.9. The first-order valence-corrected chi connectivity index (χ1v) is 5.63. The molecule has 0 radical (unpaired) electrons. The van der Waals surface area contributed by atoms with E-state index in [1.54, 1.807) is 4.90 Å². The van der Waals surface area contributed by atoms with Gasteiger partial charge in [0.25, 0.3) is 5.91 Å². The summed E-state index contributed by atoms with van der Waals surface area (Å²) in [6.07, 6.45) is -0.301. The molecule has 15 heavy (non-hydrogen) atoms. The van der Waals surface area contributed by atoms with Crippen LogP contribution in [-0.2, 0) is 9.53 Å². The predicted molar refractivity (Wildman–Crippen MR) is 59.7 cm³/mol. The van der Waals surface area contributed by atoms with Crippen LogP contribution in [0.3, 0.4) is 0 Å². The number of nitrogens with zero attached hydrogens (tertiary/aromatic N) is 1. The van der Waals surface area contributed by atoms with E-state index in [1.165, 1.54) is 0 Å². The first kappa shape index (κ1) is 12.5. The second-order valence-electron chi connectivity index (χ2n) is 4.50. The number of amides is 1. The molecule has 1 aliphatic rings. The first-order valence-electron chi connectivity index (χ1n) is 5.63. The van der Waals surface area contributed by atoms with E-state index >= 15 is 0 Å². The summed E-state index contributed by atoms with van der Waals surface area (Å²) in [6, 6.07) is 0.253. The molecule has 0 bridgehead atoms. The van der Waals surface area contributed by atoms with Gasteiger partial charge in [0.15, 0.2) is 0 Å². The highest BCUT2D eigenvalue weighted by Gasteiger charge is 2.28. The van der Waals surface area contributed by atoms with Crippen molar-refractivity contribution in [2.45, 2.75) is 32.9 Å². The van der Waals surface area contributed by atoms with Gasteiger partial charge in [0, 0.05) is 26.2 Å². The van der Waals surface area contributed by atoms with Crippen LogP contribution >= 0.6 is 0 Å². The van der Waals surface area contributed by atoms with Gasteiger partial charge in [-0.3, -0.25) is 4.79 Å². The number of hydrogen-bond acceptors (Lipinski definition) is 3. The fourth-order valence-corrected chi connectivity index (χ4v) is 1.60. The van der Waals surface area contributed by atoms with Crippen molar-refractivity contribution in [1.82, 2.24) is 10.2 Å². The van der Waals surface area contributed by atoms with Gasteiger partial charge in [-0.2, -0.15) is 0 Å². The van der Waals surface area contributed by atoms with Crippen molar-refractivity contribution in [2.75, 3.05) is 26.7 Å². The zero-order chi connectivity index (χ0) is 11.4. The van der Waals surface area contributed by atoms with Crippen molar-refractivity contribution in [3.8, 4) is 0 Å². The smallest absolute Gasteiger partial charge is 0.253 e. The molecule has 1 N–H and O–H groups in total. The van der Waals surface area contributed by atoms with Crippen molar-refractivity contribution in [2.24, 2.45) is 5.92 Å². The van der Waals surface area contributed by atoms with Crippen molar-refractivity contribution < 1.29 is 9.53 Å². The summed E-state index contributed by atoms with van der Waals surface area (Å²) in [5.41, 5.74) is 0. The topological polar surface area (TPSA) is 41.6 Å². The highest BCUT2D eigenvalue weighted by atomic mass is 16.5. The molecule has 4 nitrogen and oxygen atoms in total. The molecule has 0 saturated carbocycles. The average Bonchev–Trinajstić information content (AvgIpc) is 2.27. The van der Waals surface area contributed by atoms with Crippen LogP contribution in [0.5, 0.6) is 0 Å². The number of likely N-dealkylation sites (N-methyl/N-ethyl adjacent to an activating group) is 1. The first-order chi connectivity index (χ1) is 7.04. The molecule has 1 aliphatic heterocycles. The molecule has 1 saturated heterocycles. The molecule has 0 aromatic heterocycles. The summed E-state index contributed by atoms with van der Waals surface area (Å²) in [5.74, 6) is 0.555. The third-order valence-electron chi connectivity index (χ3n) is 3.13. The molecule has 0 aromatic rings. The fourth-order valence-electron chi connectivity index (χ4n) is 1.60. The minimum absolute atomic E-state index is 0.0865. The van der Waals surface area contributed by atoms with Gasteiger partial charge in [-0.1, -0.05) is 13.8 Å². The lowest BCUT2D eigenvalue weighted by molar-refractivity contribution is -0.146. The van der Waals surface area contributed by atoms with E-state index in [4.69, 9.17) is 4.74 Å². The Labute approximate surface area is 92.0 Å². The van der Waals surface area contributed by atoms with Gasteiger partial charge in [0.2, 0.25) is 0 Å². The Morgan fingerprint density at radius 3 is 2.60 bits per heavy atom. The molecule has 2 unspecified atom stereocenters. The van der Waals surface area contributed by atoms with E-state index in [0.717, 1.165) is 6.54 Å². The van der Waals surface area contributed by atoms with Crippen molar-refractivity contribution in [1.29, 1.82) is 0 Å². The number of morpholine rings is 1. The Kier molecular flexibility index (Phi) is 4.54. The van der Waals surface area contributed by atoms with Crippen molar-refractivity contribution >= 4 is 5.91 Å². The Bertz CT molecular complexity index is 213. The zero-order valence-electron chi connectivity index (χ0n) is 10.1. The molecule has 0 spiro atoms. The van der Waals surface area contributed by atoms with Gasteiger partial charge in [0.05, 0.1) is 6.61 Å². The lowest BCUT2D eigenvalue weighted by Gasteiger charge is -2.32. The summed E-state index contributed by atoms with van der Waals surface area (Å²) in [6.45, 7) is 8.41. The van der Waals surface area contributed by atoms with Crippen LogP contribution in [0.15, 0.2) is 0 Å². The van der Waals surface area contributed by atoms with Crippen LogP contribution < -0.4 is 5.32 Å². The SMILES string of the molecule is CC(C)C(C)N(C)C(=O)C1CNCCO1. The number of rotatable bonds is 3. The van der Waals surface area contributed by atoms with Gasteiger partial charge in [-0.05, 0) is 12.8 Å². The Morgan fingerprint density at radius 2 is 2.13 bits per heavy atom. The van der Waals surface area contributed by atoms with Crippen LogP contribution in [0.4, 0.5) is 0 Å². The second kappa shape index (κ2) is 5.47. The highest BCUT2D eigenvalue weighted by Crippen LogP contribution is 2.11. The maximum atomic E-state index is 12.0. The summed E-state index contributed by atoms with van der Waals surface area (Å²) in [4.78, 5) is 13.8. The second-order valence-corrected chi connectivity index (χ2v) is 4.50. The molecule has 0 aliphatic carbocycles. The molecular formula is C11H22N2O2. The maximum Gasteiger partial charge on any atom is 0.253 e. The van der Waals surface area contributed by atoms with E-state index in [0.29, 0.717) is 19.1 Å². The number of nitrogens with one attached hydrogen (secondary N) is 1. The minimum Gasteiger partial charge on any atom is -0.366 e. The third-order valence-corrected chi connectivity index (χ3v) is 3.13. The third kappa shape index (κ3) is 3.18. The Balaban J connectivity index is 2.50. The van der Waals surface area contributed by atoms with Crippen LogP contribution in [0.1, 0.15) is 20.8 Å². The van der Waals surface area contributed by atoms with E-state index in [9.17, 15) is 4.79 Å². The van der Waals surface area contributed by atoms with Crippen LogP contribution in [-0.4, -0.2) is 49.7 Å². The highest BCUT2D eigenvalue weighted by molar-refractivity contribution is 5.81. The van der Waals surface area contributed by atoms with Gasteiger partial charge in [-0.15, -0.1) is 0 Å². The number of ether oxygens (including phenoxy) is 1. The minimum atomic E-state index is -0.301. The lowest BCUT2D eigenvalue weighted by atomic mass is 10.0. The standard InChI is InChI=1S/C11H22N2O2/c1-8(2)9(3)13(4)11(14)10-7-12-5-6-15-10/h8-10,12H,5-7H2,1-4H3. The molecule has 4 heteroatoms. The maximum absolute atomic E-state index is 12.0. The van der Waals surface area contributed by atoms with E-state index in [2.05, 4.69) is 26.1 Å². The van der Waals surface area contributed by atoms with Crippen LogP contribution in [0.25, 0.3) is 0 Å². The number of hydrogen-bond donors (Lipinski definition) is 1. The monoisotopic (exact) mass is 214 g/mol. The van der Waals surface area contributed by atoms with Crippen LogP contribution in [0.2, 0.25) is 0 Å². The largest absolute Gasteiger partial charge is 0.366 e. The predicted octanol–water partition coefficient (Wildman–Crippen LogP) is 0.478. The van der Waals surface area contributed by atoms with Crippen molar-refractivity contribution in [3.05, 3.63) is 0 Å². The fraction of sp³-hybridized carbons (Fsp3) is 0.909. The van der Waals surface area contributed by atoms with Gasteiger partial charge in [-0.25, -0.2) is 0 Å². The number of carbonyl (C=O) groups is 1. The Morgan fingerprint density at radius 1 is 1.47 bits per heavy atom. The van der Waals surface area contributed by atoms with Crippen LogP contribution in [0, 0.1) is 5.92 Å². The average molecular weight is 214 g/mol. The van der Waals surface area contributed by atoms with E-state index < -0.39 is 0 Å². The zero-order valence-corrected chi connectivity index (χ0v) is 10.1. The summed E-state index contributed by atoms with van der Waals surface area (Å²) in [7, 11) is 1.85. The van der Waals surface area contributed by atoms with E-state index in [1.807, 2.05) is 7.05 Å². The quantitative estimate of drug-likeness (QED) is 0.743.